The smallest absolute Gasteiger partial charge is 0.184 e. The van der Waals surface area contributed by atoms with E-state index in [1.54, 1.807) is 0 Å². The maximum absolute atomic E-state index is 9.45. The van der Waals surface area contributed by atoms with E-state index < -0.39 is 12.1 Å². The predicted octanol–water partition coefficient (Wildman–Crippen LogP) is 1.43. The average Bonchev–Trinajstić information content (AvgIpc) is 2.78. The molecule has 2 fully saturated rings. The molecular weight excluding hydrogens is 236 g/mol. The Morgan fingerprint density at radius 2 is 2.00 bits per heavy atom. The van der Waals surface area contributed by atoms with E-state index in [4.69, 9.17) is 18.9 Å². The molecule has 0 radical (unpaired) electrons. The second kappa shape index (κ2) is 5.06. The van der Waals surface area contributed by atoms with Crippen molar-refractivity contribution in [3.8, 4) is 0 Å². The van der Waals surface area contributed by atoms with Crippen LogP contribution in [0.5, 0.6) is 0 Å². The Bertz CT molecular complexity index is 289. The van der Waals surface area contributed by atoms with Gasteiger partial charge in [-0.3, -0.25) is 0 Å². The van der Waals surface area contributed by atoms with E-state index in [9.17, 15) is 5.11 Å². The summed E-state index contributed by atoms with van der Waals surface area (Å²) in [4.78, 5) is 0. The molecule has 0 aromatic carbocycles. The van der Waals surface area contributed by atoms with Crippen LogP contribution in [0.2, 0.25) is 0 Å². The van der Waals surface area contributed by atoms with Gasteiger partial charge in [-0.05, 0) is 40.5 Å². The summed E-state index contributed by atoms with van der Waals surface area (Å²) in [7, 11) is 0. The second-order valence-electron chi connectivity index (χ2n) is 6.07. The number of ether oxygens (including phenoxy) is 4. The fraction of sp³-hybridized carbons (Fsp3) is 1.00. The maximum Gasteiger partial charge on any atom is 0.184 e. The Morgan fingerprint density at radius 3 is 2.44 bits per heavy atom. The topological polar surface area (TPSA) is 57.2 Å². The lowest BCUT2D eigenvalue weighted by Gasteiger charge is -2.27. The van der Waals surface area contributed by atoms with Crippen molar-refractivity contribution in [1.29, 1.82) is 0 Å². The van der Waals surface area contributed by atoms with Crippen molar-refractivity contribution in [3.63, 3.8) is 0 Å². The summed E-state index contributed by atoms with van der Waals surface area (Å²) >= 11 is 0. The monoisotopic (exact) mass is 260 g/mol. The van der Waals surface area contributed by atoms with Gasteiger partial charge in [-0.1, -0.05) is 0 Å². The van der Waals surface area contributed by atoms with Gasteiger partial charge < -0.3 is 24.1 Å². The van der Waals surface area contributed by atoms with E-state index >= 15 is 0 Å². The first-order valence-electron chi connectivity index (χ1n) is 6.57. The lowest BCUT2D eigenvalue weighted by atomic mass is 10.0. The van der Waals surface area contributed by atoms with Crippen molar-refractivity contribution in [1.82, 2.24) is 0 Å². The molecule has 1 N–H and O–H groups in total. The van der Waals surface area contributed by atoms with Gasteiger partial charge in [-0.25, -0.2) is 0 Å². The second-order valence-corrected chi connectivity index (χ2v) is 6.07. The molecule has 5 nitrogen and oxygen atoms in total. The van der Waals surface area contributed by atoms with E-state index in [0.29, 0.717) is 6.61 Å². The molecule has 2 unspecified atom stereocenters. The lowest BCUT2D eigenvalue weighted by Crippen LogP contribution is -2.38. The molecule has 106 valence electrons. The van der Waals surface area contributed by atoms with Gasteiger partial charge >= 0.3 is 0 Å². The van der Waals surface area contributed by atoms with E-state index in [1.165, 1.54) is 0 Å². The summed E-state index contributed by atoms with van der Waals surface area (Å²) in [5.41, 5.74) is -0.131. The van der Waals surface area contributed by atoms with Crippen LogP contribution in [0.3, 0.4) is 0 Å². The third kappa shape index (κ3) is 3.42. The standard InChI is InChI=1S/C13H24O5/c1-12(2)6-5-9(17-12)10(7-14)16-11-8-15-13(3,4)18-11/h9-11,14H,5-8H2,1-4H3/t9-,10?,11?/m0/s1. The molecule has 2 heterocycles. The molecule has 2 aliphatic heterocycles. The summed E-state index contributed by atoms with van der Waals surface area (Å²) in [5, 5.41) is 9.45. The fourth-order valence-corrected chi connectivity index (χ4v) is 2.44. The number of rotatable bonds is 4. The van der Waals surface area contributed by atoms with Crippen LogP contribution in [0.15, 0.2) is 0 Å². The zero-order valence-electron chi connectivity index (χ0n) is 11.6. The molecule has 0 spiro atoms. The average molecular weight is 260 g/mol. The quantitative estimate of drug-likeness (QED) is 0.828. The van der Waals surface area contributed by atoms with Crippen molar-refractivity contribution in [2.45, 2.75) is 70.4 Å². The first kappa shape index (κ1) is 14.2. The summed E-state index contributed by atoms with van der Waals surface area (Å²) in [6.07, 6.45) is 1.02. The molecule has 0 aromatic rings. The predicted molar refractivity (Wildman–Crippen MR) is 65.0 cm³/mol. The van der Waals surface area contributed by atoms with Crippen molar-refractivity contribution < 1.29 is 24.1 Å². The third-order valence-corrected chi connectivity index (χ3v) is 3.40. The Balaban J connectivity index is 1.87. The van der Waals surface area contributed by atoms with Gasteiger partial charge in [0, 0.05) is 0 Å². The molecule has 18 heavy (non-hydrogen) atoms. The largest absolute Gasteiger partial charge is 0.394 e. The zero-order valence-corrected chi connectivity index (χ0v) is 11.6. The molecule has 2 aliphatic rings. The van der Waals surface area contributed by atoms with Gasteiger partial charge in [0.15, 0.2) is 12.1 Å². The minimum absolute atomic E-state index is 0.0684. The van der Waals surface area contributed by atoms with Gasteiger partial charge in [0.1, 0.15) is 12.7 Å². The highest BCUT2D eigenvalue weighted by Crippen LogP contribution is 2.33. The van der Waals surface area contributed by atoms with Gasteiger partial charge in [0.2, 0.25) is 0 Å². The Labute approximate surface area is 108 Å². The van der Waals surface area contributed by atoms with Crippen LogP contribution in [0.1, 0.15) is 40.5 Å². The van der Waals surface area contributed by atoms with Gasteiger partial charge in [-0.15, -0.1) is 0 Å². The first-order valence-corrected chi connectivity index (χ1v) is 6.57. The number of hydrogen-bond acceptors (Lipinski definition) is 5. The minimum atomic E-state index is -0.611. The molecule has 2 rings (SSSR count). The van der Waals surface area contributed by atoms with Crippen molar-refractivity contribution >= 4 is 0 Å². The van der Waals surface area contributed by atoms with E-state index in [2.05, 4.69) is 13.8 Å². The number of aliphatic hydroxyl groups excluding tert-OH is 1. The zero-order chi connectivity index (χ0) is 13.4. The van der Waals surface area contributed by atoms with Crippen LogP contribution in [-0.4, -0.2) is 48.2 Å². The van der Waals surface area contributed by atoms with Crippen LogP contribution in [0, 0.1) is 0 Å². The highest BCUT2D eigenvalue weighted by molar-refractivity contribution is 4.85. The number of aliphatic hydroxyl groups is 1. The molecular formula is C13H24O5. The molecule has 0 amide bonds. The van der Waals surface area contributed by atoms with Crippen LogP contribution in [0.25, 0.3) is 0 Å². The van der Waals surface area contributed by atoms with Crippen molar-refractivity contribution in [3.05, 3.63) is 0 Å². The highest BCUT2D eigenvalue weighted by atomic mass is 16.8. The van der Waals surface area contributed by atoms with Crippen LogP contribution < -0.4 is 0 Å². The molecule has 0 aromatic heterocycles. The van der Waals surface area contributed by atoms with Crippen molar-refractivity contribution in [2.24, 2.45) is 0 Å². The van der Waals surface area contributed by atoms with Crippen molar-refractivity contribution in [2.75, 3.05) is 13.2 Å². The Morgan fingerprint density at radius 1 is 1.28 bits per heavy atom. The SMILES string of the molecule is CC1(C)CC[C@@H](C(CO)OC2COC(C)(C)O2)O1. The molecule has 0 bridgehead atoms. The molecule has 0 aliphatic carbocycles. The highest BCUT2D eigenvalue weighted by Gasteiger charge is 2.40. The lowest BCUT2D eigenvalue weighted by molar-refractivity contribution is -0.226. The van der Waals surface area contributed by atoms with E-state index in [0.717, 1.165) is 12.8 Å². The summed E-state index contributed by atoms with van der Waals surface area (Å²) < 4.78 is 22.6. The Kier molecular flexibility index (Phi) is 3.99. The van der Waals surface area contributed by atoms with Crippen LogP contribution in [0.4, 0.5) is 0 Å². The van der Waals surface area contributed by atoms with Crippen LogP contribution >= 0.6 is 0 Å². The van der Waals surface area contributed by atoms with Gasteiger partial charge in [0.25, 0.3) is 0 Å². The van der Waals surface area contributed by atoms with Gasteiger partial charge in [0.05, 0.1) is 18.3 Å². The summed E-state index contributed by atoms with van der Waals surface area (Å²) in [5.74, 6) is -0.611. The Hall–Kier alpha value is -0.200. The fourth-order valence-electron chi connectivity index (χ4n) is 2.44. The summed E-state index contributed by atoms with van der Waals surface area (Å²) in [6.45, 7) is 8.12. The minimum Gasteiger partial charge on any atom is -0.394 e. The molecule has 5 heteroatoms. The normalized spacial score (nSPS) is 35.8. The third-order valence-electron chi connectivity index (χ3n) is 3.40. The van der Waals surface area contributed by atoms with Gasteiger partial charge in [-0.2, -0.15) is 0 Å². The first-order chi connectivity index (χ1) is 8.31. The maximum atomic E-state index is 9.45. The number of hydrogen-bond donors (Lipinski definition) is 1. The molecule has 2 saturated heterocycles. The van der Waals surface area contributed by atoms with E-state index in [-0.39, 0.29) is 24.4 Å². The molecule has 0 saturated carbocycles. The summed E-state index contributed by atoms with van der Waals surface area (Å²) in [6, 6.07) is 0. The molecule has 3 atom stereocenters. The van der Waals surface area contributed by atoms with E-state index in [1.807, 2.05) is 13.8 Å². The van der Waals surface area contributed by atoms with Crippen LogP contribution in [-0.2, 0) is 18.9 Å².